The topological polar surface area (TPSA) is 64.9 Å². The molecule has 0 saturated carbocycles. The van der Waals surface area contributed by atoms with E-state index in [-0.39, 0.29) is 5.56 Å². The molecular weight excluding hydrogens is 274 g/mol. The number of hydrogen-bond acceptors (Lipinski definition) is 3. The van der Waals surface area contributed by atoms with Gasteiger partial charge in [0.2, 0.25) is 0 Å². The number of benzene rings is 1. The minimum atomic E-state index is -0.938. The van der Waals surface area contributed by atoms with Crippen LogP contribution in [0.15, 0.2) is 29.4 Å². The van der Waals surface area contributed by atoms with Crippen molar-refractivity contribution in [2.75, 3.05) is 13.6 Å². The third kappa shape index (κ3) is 5.36. The summed E-state index contributed by atoms with van der Waals surface area (Å²) in [5, 5.41) is 18.3. The largest absolute Gasteiger partial charge is 0.478 e. The Morgan fingerprint density at radius 2 is 2.10 bits per heavy atom. The molecule has 0 amide bonds. The average Bonchev–Trinajstić information content (AvgIpc) is 2.45. The number of thiocarbonyl (C=S) groups is 1. The summed E-state index contributed by atoms with van der Waals surface area (Å²) < 4.78 is 0. The molecule has 108 valence electrons. The summed E-state index contributed by atoms with van der Waals surface area (Å²) in [6, 6.07) is 6.49. The highest BCUT2D eigenvalue weighted by atomic mass is 32.1. The van der Waals surface area contributed by atoms with Gasteiger partial charge in [-0.1, -0.05) is 25.5 Å². The van der Waals surface area contributed by atoms with Crippen molar-refractivity contribution in [2.45, 2.75) is 19.8 Å². The van der Waals surface area contributed by atoms with E-state index < -0.39 is 5.97 Å². The molecule has 0 aliphatic rings. The zero-order chi connectivity index (χ0) is 15.0. The number of carbonyl (C=O) groups is 1. The van der Waals surface area contributed by atoms with Gasteiger partial charge in [0, 0.05) is 13.6 Å². The molecule has 0 heterocycles. The maximum Gasteiger partial charge on any atom is 0.335 e. The highest BCUT2D eigenvalue weighted by Crippen LogP contribution is 2.02. The van der Waals surface area contributed by atoms with Gasteiger partial charge in [-0.25, -0.2) is 9.80 Å². The van der Waals surface area contributed by atoms with Crippen LogP contribution < -0.4 is 5.32 Å². The molecule has 20 heavy (non-hydrogen) atoms. The summed E-state index contributed by atoms with van der Waals surface area (Å²) in [6.45, 7) is 2.95. The zero-order valence-electron chi connectivity index (χ0n) is 11.7. The Morgan fingerprint density at radius 3 is 2.65 bits per heavy atom. The lowest BCUT2D eigenvalue weighted by Gasteiger charge is -2.15. The van der Waals surface area contributed by atoms with Crippen LogP contribution in [0.3, 0.4) is 0 Å². The smallest absolute Gasteiger partial charge is 0.335 e. The van der Waals surface area contributed by atoms with E-state index in [1.807, 2.05) is 0 Å². The fourth-order valence-electron chi connectivity index (χ4n) is 1.40. The summed E-state index contributed by atoms with van der Waals surface area (Å²) in [5.41, 5.74) is 1.07. The van der Waals surface area contributed by atoms with Crippen molar-refractivity contribution in [2.24, 2.45) is 5.10 Å². The van der Waals surface area contributed by atoms with Crippen LogP contribution in [-0.4, -0.2) is 41.0 Å². The molecule has 0 bridgehead atoms. The SMILES string of the molecule is CCCCNC(=S)N(C)/N=C/c1ccc(C(=O)O)cc1. The molecule has 1 aromatic rings. The molecular formula is C14H19N3O2S. The van der Waals surface area contributed by atoms with Crippen molar-refractivity contribution in [3.63, 3.8) is 0 Å². The van der Waals surface area contributed by atoms with Crippen molar-refractivity contribution in [3.05, 3.63) is 35.4 Å². The fraction of sp³-hybridized carbons (Fsp3) is 0.357. The number of carboxylic acid groups (broad SMARTS) is 1. The van der Waals surface area contributed by atoms with Gasteiger partial charge in [0.05, 0.1) is 11.8 Å². The van der Waals surface area contributed by atoms with Crippen LogP contribution in [0.25, 0.3) is 0 Å². The Bertz CT molecular complexity index is 486. The van der Waals surface area contributed by atoms with Gasteiger partial charge in [-0.3, -0.25) is 0 Å². The van der Waals surface area contributed by atoms with Gasteiger partial charge in [0.25, 0.3) is 0 Å². The van der Waals surface area contributed by atoms with Crippen LogP contribution in [0.5, 0.6) is 0 Å². The summed E-state index contributed by atoms with van der Waals surface area (Å²) in [7, 11) is 1.77. The molecule has 6 heteroatoms. The normalized spacial score (nSPS) is 10.5. The van der Waals surface area contributed by atoms with Gasteiger partial charge < -0.3 is 10.4 Å². The van der Waals surface area contributed by atoms with Crippen molar-refractivity contribution in [1.29, 1.82) is 0 Å². The van der Waals surface area contributed by atoms with E-state index in [9.17, 15) is 4.79 Å². The quantitative estimate of drug-likeness (QED) is 0.365. The van der Waals surface area contributed by atoms with Gasteiger partial charge in [0.15, 0.2) is 5.11 Å². The maximum atomic E-state index is 10.7. The molecule has 1 rings (SSSR count). The molecule has 0 spiro atoms. The monoisotopic (exact) mass is 293 g/mol. The van der Waals surface area contributed by atoms with E-state index in [2.05, 4.69) is 17.3 Å². The molecule has 0 aliphatic heterocycles. The minimum Gasteiger partial charge on any atom is -0.478 e. The number of nitrogens with one attached hydrogen (secondary N) is 1. The summed E-state index contributed by atoms with van der Waals surface area (Å²) >= 11 is 5.18. The van der Waals surface area contributed by atoms with Crippen molar-refractivity contribution in [3.8, 4) is 0 Å². The molecule has 1 aromatic carbocycles. The lowest BCUT2D eigenvalue weighted by atomic mass is 10.1. The first kappa shape index (κ1) is 16.1. The van der Waals surface area contributed by atoms with Crippen LogP contribution in [-0.2, 0) is 0 Å². The van der Waals surface area contributed by atoms with Crippen molar-refractivity contribution in [1.82, 2.24) is 10.3 Å². The van der Waals surface area contributed by atoms with Gasteiger partial charge in [-0.05, 0) is 36.3 Å². The van der Waals surface area contributed by atoms with Gasteiger partial charge in [0.1, 0.15) is 0 Å². The van der Waals surface area contributed by atoms with Crippen LogP contribution in [0, 0.1) is 0 Å². The Labute approximate surface area is 124 Å². The summed E-state index contributed by atoms with van der Waals surface area (Å²) in [5.74, 6) is -0.938. The number of unbranched alkanes of at least 4 members (excludes halogenated alkanes) is 1. The molecule has 2 N–H and O–H groups in total. The highest BCUT2D eigenvalue weighted by Gasteiger charge is 2.02. The number of rotatable bonds is 6. The molecule has 0 aromatic heterocycles. The van der Waals surface area contributed by atoms with E-state index in [1.54, 1.807) is 42.5 Å². The lowest BCUT2D eigenvalue weighted by molar-refractivity contribution is 0.0697. The van der Waals surface area contributed by atoms with E-state index in [0.717, 1.165) is 24.9 Å². The fourth-order valence-corrected chi connectivity index (χ4v) is 1.55. The second-order valence-electron chi connectivity index (χ2n) is 4.28. The second-order valence-corrected chi connectivity index (χ2v) is 4.67. The molecule has 0 unspecified atom stereocenters. The minimum absolute atomic E-state index is 0.257. The molecule has 0 aliphatic carbocycles. The summed E-state index contributed by atoms with van der Waals surface area (Å²) in [6.07, 6.45) is 3.81. The van der Waals surface area contributed by atoms with Crippen LogP contribution in [0.2, 0.25) is 0 Å². The molecule has 0 atom stereocenters. The first-order chi connectivity index (χ1) is 9.54. The Morgan fingerprint density at radius 1 is 1.45 bits per heavy atom. The Balaban J connectivity index is 2.53. The van der Waals surface area contributed by atoms with E-state index in [1.165, 1.54) is 0 Å². The number of carboxylic acids is 1. The van der Waals surface area contributed by atoms with E-state index >= 15 is 0 Å². The van der Waals surface area contributed by atoms with Crippen LogP contribution in [0.1, 0.15) is 35.7 Å². The first-order valence-electron chi connectivity index (χ1n) is 6.43. The van der Waals surface area contributed by atoms with Gasteiger partial charge in [-0.15, -0.1) is 0 Å². The molecule has 0 saturated heterocycles. The lowest BCUT2D eigenvalue weighted by Crippen LogP contribution is -2.34. The predicted molar refractivity (Wildman–Crippen MR) is 84.3 cm³/mol. The summed E-state index contributed by atoms with van der Waals surface area (Å²) in [4.78, 5) is 10.7. The maximum absolute atomic E-state index is 10.7. The standard InChI is InChI=1S/C14H19N3O2S/c1-3-4-9-15-14(20)17(2)16-10-11-5-7-12(8-6-11)13(18)19/h5-8,10H,3-4,9H2,1-2H3,(H,15,20)(H,18,19)/b16-10+. The van der Waals surface area contributed by atoms with Gasteiger partial charge in [-0.2, -0.15) is 5.10 Å². The molecule has 0 radical (unpaired) electrons. The number of aromatic carboxylic acids is 1. The van der Waals surface area contributed by atoms with E-state index in [0.29, 0.717) is 5.11 Å². The predicted octanol–water partition coefficient (Wildman–Crippen LogP) is 2.33. The second kappa shape index (κ2) is 8.27. The van der Waals surface area contributed by atoms with Crippen LogP contribution >= 0.6 is 12.2 Å². The van der Waals surface area contributed by atoms with Crippen molar-refractivity contribution >= 4 is 29.5 Å². The first-order valence-corrected chi connectivity index (χ1v) is 6.84. The van der Waals surface area contributed by atoms with Gasteiger partial charge >= 0.3 is 5.97 Å². The average molecular weight is 293 g/mol. The molecule has 0 fully saturated rings. The third-order valence-corrected chi connectivity index (χ3v) is 3.05. The zero-order valence-corrected chi connectivity index (χ0v) is 12.5. The highest BCUT2D eigenvalue weighted by molar-refractivity contribution is 7.80. The van der Waals surface area contributed by atoms with Crippen LogP contribution in [0.4, 0.5) is 0 Å². The Kier molecular flexibility index (Phi) is 6.66. The third-order valence-electron chi connectivity index (χ3n) is 2.64. The molecule has 5 nitrogen and oxygen atoms in total. The van der Waals surface area contributed by atoms with E-state index in [4.69, 9.17) is 17.3 Å². The Hall–Kier alpha value is -1.95. The van der Waals surface area contributed by atoms with Crippen molar-refractivity contribution < 1.29 is 9.90 Å². The number of hydrazone groups is 1. The number of hydrogen-bond donors (Lipinski definition) is 2. The number of nitrogens with zero attached hydrogens (tertiary/aromatic N) is 2.